The Bertz CT molecular complexity index is 1190. The van der Waals surface area contributed by atoms with Crippen molar-refractivity contribution < 1.29 is 4.79 Å². The van der Waals surface area contributed by atoms with Gasteiger partial charge in [-0.2, -0.15) is 0 Å². The van der Waals surface area contributed by atoms with E-state index >= 15 is 0 Å². The molecule has 0 saturated carbocycles. The maximum absolute atomic E-state index is 13.4. The lowest BCUT2D eigenvalue weighted by atomic mass is 9.89. The fraction of sp³-hybridized carbons (Fsp3) is 0.208. The minimum Gasteiger partial charge on any atom is -0.338 e. The molecule has 1 amide bonds. The lowest BCUT2D eigenvalue weighted by Gasteiger charge is -2.33. The zero-order valence-corrected chi connectivity index (χ0v) is 16.5. The third-order valence-electron chi connectivity index (χ3n) is 5.71. The Balaban J connectivity index is 1.46. The van der Waals surface area contributed by atoms with Crippen LogP contribution in [0, 0.1) is 0 Å². The van der Waals surface area contributed by atoms with Crippen LogP contribution in [0.15, 0.2) is 73.6 Å². The fourth-order valence-corrected chi connectivity index (χ4v) is 4.26. The van der Waals surface area contributed by atoms with E-state index in [0.717, 1.165) is 47.1 Å². The molecule has 1 aromatic carbocycles. The number of carbonyl (C=O) groups excluding carboxylic acids is 1. The molecule has 0 radical (unpaired) electrons. The van der Waals surface area contributed by atoms with Crippen LogP contribution in [-0.2, 0) is 0 Å². The number of hydrogen-bond acceptors (Lipinski definition) is 5. The van der Waals surface area contributed by atoms with Crippen LogP contribution in [0.4, 0.5) is 0 Å². The number of benzene rings is 1. The van der Waals surface area contributed by atoms with Gasteiger partial charge in [0.25, 0.3) is 5.91 Å². The van der Waals surface area contributed by atoms with E-state index in [0.29, 0.717) is 12.1 Å². The van der Waals surface area contributed by atoms with E-state index in [1.165, 1.54) is 0 Å². The first-order valence-electron chi connectivity index (χ1n) is 10.1. The van der Waals surface area contributed by atoms with Gasteiger partial charge in [0.1, 0.15) is 6.33 Å². The third kappa shape index (κ3) is 3.41. The number of carbonyl (C=O) groups is 1. The molecule has 6 heteroatoms. The van der Waals surface area contributed by atoms with Crippen molar-refractivity contribution >= 4 is 16.8 Å². The maximum atomic E-state index is 13.4. The van der Waals surface area contributed by atoms with Crippen molar-refractivity contribution in [2.45, 2.75) is 18.8 Å². The van der Waals surface area contributed by atoms with E-state index in [4.69, 9.17) is 0 Å². The zero-order valence-electron chi connectivity index (χ0n) is 16.5. The largest absolute Gasteiger partial charge is 0.338 e. The van der Waals surface area contributed by atoms with Crippen molar-refractivity contribution in [1.82, 2.24) is 24.8 Å². The van der Waals surface area contributed by atoms with E-state index in [1.807, 2.05) is 53.6 Å². The van der Waals surface area contributed by atoms with Gasteiger partial charge < -0.3 is 4.90 Å². The van der Waals surface area contributed by atoms with Gasteiger partial charge in [0.15, 0.2) is 0 Å². The first kappa shape index (κ1) is 18.4. The Hall–Kier alpha value is -3.67. The van der Waals surface area contributed by atoms with Crippen LogP contribution in [-0.4, -0.2) is 43.8 Å². The predicted molar refractivity (Wildman–Crippen MR) is 115 cm³/mol. The molecule has 5 rings (SSSR count). The first-order valence-corrected chi connectivity index (χ1v) is 10.1. The van der Waals surface area contributed by atoms with Crippen molar-refractivity contribution in [3.63, 3.8) is 0 Å². The smallest absolute Gasteiger partial charge is 0.254 e. The monoisotopic (exact) mass is 395 g/mol. The third-order valence-corrected chi connectivity index (χ3v) is 5.71. The van der Waals surface area contributed by atoms with Crippen LogP contribution >= 0.6 is 0 Å². The van der Waals surface area contributed by atoms with Crippen molar-refractivity contribution in [2.75, 3.05) is 13.1 Å². The highest BCUT2D eigenvalue weighted by Gasteiger charge is 2.28. The molecule has 1 aliphatic heterocycles. The van der Waals surface area contributed by atoms with E-state index < -0.39 is 0 Å². The van der Waals surface area contributed by atoms with Crippen molar-refractivity contribution in [3.8, 4) is 11.1 Å². The van der Waals surface area contributed by atoms with Crippen LogP contribution in [0.2, 0.25) is 0 Å². The summed E-state index contributed by atoms with van der Waals surface area (Å²) in [5.74, 6) is 0.222. The second kappa shape index (κ2) is 7.99. The Labute approximate surface area is 174 Å². The summed E-state index contributed by atoms with van der Waals surface area (Å²) >= 11 is 0. The number of amides is 1. The van der Waals surface area contributed by atoms with Crippen LogP contribution in [0.1, 0.15) is 34.8 Å². The van der Waals surface area contributed by atoms with E-state index in [9.17, 15) is 4.79 Å². The summed E-state index contributed by atoms with van der Waals surface area (Å²) in [5.41, 5.74) is 4.59. The van der Waals surface area contributed by atoms with Gasteiger partial charge in [-0.3, -0.25) is 14.8 Å². The zero-order chi connectivity index (χ0) is 20.3. The molecule has 148 valence electrons. The summed E-state index contributed by atoms with van der Waals surface area (Å²) in [4.78, 5) is 32.7. The number of hydrogen-bond donors (Lipinski definition) is 0. The summed E-state index contributed by atoms with van der Waals surface area (Å²) in [6.45, 7) is 1.40. The van der Waals surface area contributed by atoms with E-state index in [2.05, 4.69) is 19.9 Å². The van der Waals surface area contributed by atoms with E-state index in [1.54, 1.807) is 24.9 Å². The molecule has 6 nitrogen and oxygen atoms in total. The standard InChI is InChI=1S/C24H21N5O/c30-24(20-5-1-7-22-19(20)6-2-10-27-22)29-13-3-4-18(15-29)23-21(14-26-16-28-23)17-8-11-25-12-9-17/h1-2,5-12,14,16,18H,3-4,13,15H2/t18-/m1/s1. The molecule has 0 bridgehead atoms. The summed E-state index contributed by atoms with van der Waals surface area (Å²) in [7, 11) is 0. The SMILES string of the molecule is O=C(c1cccc2ncccc12)N1CCC[C@@H](c2ncncc2-c2ccncc2)C1. The first-order chi connectivity index (χ1) is 14.8. The molecule has 3 aromatic heterocycles. The molecule has 0 spiro atoms. The number of likely N-dealkylation sites (tertiary alicyclic amines) is 1. The highest BCUT2D eigenvalue weighted by molar-refractivity contribution is 6.06. The highest BCUT2D eigenvalue weighted by atomic mass is 16.2. The summed E-state index contributed by atoms with van der Waals surface area (Å²) in [6, 6.07) is 13.5. The Morgan fingerprint density at radius 3 is 2.77 bits per heavy atom. The van der Waals surface area contributed by atoms with Gasteiger partial charge in [-0.1, -0.05) is 12.1 Å². The van der Waals surface area contributed by atoms with Crippen molar-refractivity contribution in [3.05, 3.63) is 84.8 Å². The average molecular weight is 395 g/mol. The summed E-state index contributed by atoms with van der Waals surface area (Å²) in [6.07, 6.45) is 10.7. The lowest BCUT2D eigenvalue weighted by Crippen LogP contribution is -2.39. The molecule has 1 aliphatic rings. The van der Waals surface area contributed by atoms with Crippen LogP contribution in [0.5, 0.6) is 0 Å². The molecular formula is C24H21N5O. The molecular weight excluding hydrogens is 374 g/mol. The Kier molecular flexibility index (Phi) is 4.89. The van der Waals surface area contributed by atoms with Gasteiger partial charge in [-0.25, -0.2) is 9.97 Å². The molecule has 1 atom stereocenters. The Morgan fingerprint density at radius 2 is 1.87 bits per heavy atom. The van der Waals surface area contributed by atoms with Crippen LogP contribution < -0.4 is 0 Å². The number of pyridine rings is 2. The second-order valence-electron chi connectivity index (χ2n) is 7.52. The summed E-state index contributed by atoms with van der Waals surface area (Å²) < 4.78 is 0. The molecule has 4 aromatic rings. The molecule has 0 unspecified atom stereocenters. The number of aromatic nitrogens is 4. The molecule has 1 saturated heterocycles. The van der Waals surface area contributed by atoms with Crippen LogP contribution in [0.25, 0.3) is 22.0 Å². The number of nitrogens with zero attached hydrogens (tertiary/aromatic N) is 5. The van der Waals surface area contributed by atoms with Gasteiger partial charge in [0.05, 0.1) is 11.2 Å². The normalized spacial score (nSPS) is 16.5. The topological polar surface area (TPSA) is 71.9 Å². The highest BCUT2D eigenvalue weighted by Crippen LogP contribution is 2.33. The minimum absolute atomic E-state index is 0.0535. The molecule has 1 fully saturated rings. The number of rotatable bonds is 3. The van der Waals surface area contributed by atoms with Crippen LogP contribution in [0.3, 0.4) is 0 Å². The molecule has 4 heterocycles. The van der Waals surface area contributed by atoms with Gasteiger partial charge in [-0.15, -0.1) is 0 Å². The number of fused-ring (bicyclic) bond motifs is 1. The van der Waals surface area contributed by atoms with Crippen molar-refractivity contribution in [2.24, 2.45) is 0 Å². The van der Waals surface area contributed by atoms with E-state index in [-0.39, 0.29) is 11.8 Å². The quantitative estimate of drug-likeness (QED) is 0.522. The molecule has 0 N–H and O–H groups in total. The Morgan fingerprint density at radius 1 is 0.967 bits per heavy atom. The number of piperidine rings is 1. The van der Waals surface area contributed by atoms with Crippen molar-refractivity contribution in [1.29, 1.82) is 0 Å². The molecule has 30 heavy (non-hydrogen) atoms. The minimum atomic E-state index is 0.0535. The fourth-order valence-electron chi connectivity index (χ4n) is 4.26. The lowest BCUT2D eigenvalue weighted by molar-refractivity contribution is 0.0708. The van der Waals surface area contributed by atoms with Gasteiger partial charge in [0, 0.05) is 60.3 Å². The summed E-state index contributed by atoms with van der Waals surface area (Å²) in [5, 5.41) is 0.895. The second-order valence-corrected chi connectivity index (χ2v) is 7.52. The van der Waals surface area contributed by atoms with Gasteiger partial charge in [0.2, 0.25) is 0 Å². The maximum Gasteiger partial charge on any atom is 0.254 e. The molecule has 0 aliphatic carbocycles. The predicted octanol–water partition coefficient (Wildman–Crippen LogP) is 4.11. The average Bonchev–Trinajstić information content (AvgIpc) is 2.84. The van der Waals surface area contributed by atoms with Gasteiger partial charge in [-0.05, 0) is 48.7 Å². The van der Waals surface area contributed by atoms with Gasteiger partial charge >= 0.3 is 0 Å².